The summed E-state index contributed by atoms with van der Waals surface area (Å²) in [5, 5.41) is 0. The Bertz CT molecular complexity index is 294. The maximum absolute atomic E-state index is 5.73. The van der Waals surface area contributed by atoms with Gasteiger partial charge in [-0.25, -0.2) is 0 Å². The Hall–Kier alpha value is -1.02. The molecule has 0 aliphatic heterocycles. The molecule has 0 spiro atoms. The molecule has 0 aliphatic rings. The summed E-state index contributed by atoms with van der Waals surface area (Å²) in [7, 11) is 0. The van der Waals surface area contributed by atoms with E-state index in [1.807, 2.05) is 32.9 Å². The number of benzene rings is 1. The van der Waals surface area contributed by atoms with Gasteiger partial charge in [-0.2, -0.15) is 0 Å². The van der Waals surface area contributed by atoms with Gasteiger partial charge in [-0.05, 0) is 51.3 Å². The zero-order valence-corrected chi connectivity index (χ0v) is 9.86. The van der Waals surface area contributed by atoms with Crippen molar-refractivity contribution in [2.24, 2.45) is 5.73 Å². The third kappa shape index (κ3) is 4.84. The standard InChI is InChI=1S/C13H21NO/c1-10(2)15-13-6-4-5-12(9-13)8-7-11(3)14/h4-6,9-11H,7-8,14H2,1-3H3. The van der Waals surface area contributed by atoms with Gasteiger partial charge < -0.3 is 10.5 Å². The third-order valence-corrected chi connectivity index (χ3v) is 2.16. The van der Waals surface area contributed by atoms with Gasteiger partial charge in [0, 0.05) is 6.04 Å². The van der Waals surface area contributed by atoms with Crippen LogP contribution in [0.4, 0.5) is 0 Å². The lowest BCUT2D eigenvalue weighted by molar-refractivity contribution is 0.242. The van der Waals surface area contributed by atoms with Crippen molar-refractivity contribution in [3.8, 4) is 5.75 Å². The highest BCUT2D eigenvalue weighted by atomic mass is 16.5. The Kier molecular flexibility index (Phi) is 4.63. The average Bonchev–Trinajstić information content (AvgIpc) is 2.14. The quantitative estimate of drug-likeness (QED) is 0.805. The number of aryl methyl sites for hydroxylation is 1. The van der Waals surface area contributed by atoms with E-state index in [9.17, 15) is 0 Å². The summed E-state index contributed by atoms with van der Waals surface area (Å²) in [5.41, 5.74) is 7.02. The molecule has 2 heteroatoms. The van der Waals surface area contributed by atoms with Crippen molar-refractivity contribution in [2.45, 2.75) is 45.8 Å². The third-order valence-electron chi connectivity index (χ3n) is 2.16. The molecule has 1 unspecified atom stereocenters. The predicted octanol–water partition coefficient (Wildman–Crippen LogP) is 2.75. The van der Waals surface area contributed by atoms with Gasteiger partial charge in [0.25, 0.3) is 0 Å². The van der Waals surface area contributed by atoms with Crippen molar-refractivity contribution in [1.29, 1.82) is 0 Å². The second-order valence-electron chi connectivity index (χ2n) is 4.33. The fourth-order valence-corrected chi connectivity index (χ4v) is 1.44. The molecule has 0 saturated heterocycles. The average molecular weight is 207 g/mol. The fraction of sp³-hybridized carbons (Fsp3) is 0.538. The van der Waals surface area contributed by atoms with Crippen molar-refractivity contribution in [3.63, 3.8) is 0 Å². The van der Waals surface area contributed by atoms with Crippen LogP contribution in [0.3, 0.4) is 0 Å². The number of nitrogens with two attached hydrogens (primary N) is 1. The maximum atomic E-state index is 5.73. The monoisotopic (exact) mass is 207 g/mol. The summed E-state index contributed by atoms with van der Waals surface area (Å²) in [4.78, 5) is 0. The largest absolute Gasteiger partial charge is 0.491 e. The molecule has 0 radical (unpaired) electrons. The van der Waals surface area contributed by atoms with E-state index in [1.54, 1.807) is 0 Å². The molecule has 1 aromatic carbocycles. The molecule has 0 bridgehead atoms. The molecule has 2 nitrogen and oxygen atoms in total. The maximum Gasteiger partial charge on any atom is 0.119 e. The summed E-state index contributed by atoms with van der Waals surface area (Å²) in [6.45, 7) is 6.11. The van der Waals surface area contributed by atoms with E-state index in [2.05, 4.69) is 12.1 Å². The zero-order chi connectivity index (χ0) is 11.3. The lowest BCUT2D eigenvalue weighted by atomic mass is 10.1. The molecule has 1 rings (SSSR count). The van der Waals surface area contributed by atoms with Crippen LogP contribution >= 0.6 is 0 Å². The van der Waals surface area contributed by atoms with E-state index in [0.717, 1.165) is 18.6 Å². The van der Waals surface area contributed by atoms with E-state index >= 15 is 0 Å². The highest BCUT2D eigenvalue weighted by Gasteiger charge is 2.00. The molecule has 0 aromatic heterocycles. The van der Waals surface area contributed by atoms with Crippen LogP contribution in [0.25, 0.3) is 0 Å². The molecular formula is C13H21NO. The van der Waals surface area contributed by atoms with Gasteiger partial charge in [0.15, 0.2) is 0 Å². The first-order valence-electron chi connectivity index (χ1n) is 5.59. The molecule has 84 valence electrons. The van der Waals surface area contributed by atoms with Crippen molar-refractivity contribution in [3.05, 3.63) is 29.8 Å². The summed E-state index contributed by atoms with van der Waals surface area (Å²) in [6, 6.07) is 8.52. The molecule has 1 atom stereocenters. The van der Waals surface area contributed by atoms with Gasteiger partial charge >= 0.3 is 0 Å². The molecular weight excluding hydrogens is 186 g/mol. The fourth-order valence-electron chi connectivity index (χ4n) is 1.44. The second kappa shape index (κ2) is 5.76. The summed E-state index contributed by atoms with van der Waals surface area (Å²) < 4.78 is 5.63. The molecule has 15 heavy (non-hydrogen) atoms. The highest BCUT2D eigenvalue weighted by Crippen LogP contribution is 2.16. The second-order valence-corrected chi connectivity index (χ2v) is 4.33. The van der Waals surface area contributed by atoms with Gasteiger partial charge in [-0.1, -0.05) is 12.1 Å². The predicted molar refractivity (Wildman–Crippen MR) is 64.2 cm³/mol. The first kappa shape index (κ1) is 12.1. The van der Waals surface area contributed by atoms with E-state index in [1.165, 1.54) is 5.56 Å². The number of rotatable bonds is 5. The first-order chi connectivity index (χ1) is 7.08. The number of hydrogen-bond donors (Lipinski definition) is 1. The van der Waals surface area contributed by atoms with E-state index in [4.69, 9.17) is 10.5 Å². The van der Waals surface area contributed by atoms with Crippen LogP contribution in [0.5, 0.6) is 5.75 Å². The molecule has 0 amide bonds. The SMILES string of the molecule is CC(N)CCc1cccc(OC(C)C)c1. The van der Waals surface area contributed by atoms with E-state index in [-0.39, 0.29) is 12.1 Å². The minimum atomic E-state index is 0.230. The summed E-state index contributed by atoms with van der Waals surface area (Å²) in [5.74, 6) is 0.951. The van der Waals surface area contributed by atoms with Crippen LogP contribution in [-0.2, 0) is 6.42 Å². The smallest absolute Gasteiger partial charge is 0.119 e. The Balaban J connectivity index is 2.57. The summed E-state index contributed by atoms with van der Waals surface area (Å²) >= 11 is 0. The van der Waals surface area contributed by atoms with Crippen LogP contribution in [-0.4, -0.2) is 12.1 Å². The van der Waals surface area contributed by atoms with Crippen LogP contribution in [0, 0.1) is 0 Å². The van der Waals surface area contributed by atoms with Crippen LogP contribution in [0.1, 0.15) is 32.8 Å². The Morgan fingerprint density at radius 1 is 1.27 bits per heavy atom. The first-order valence-corrected chi connectivity index (χ1v) is 5.59. The van der Waals surface area contributed by atoms with E-state index < -0.39 is 0 Å². The Labute approximate surface area is 92.4 Å². The van der Waals surface area contributed by atoms with Gasteiger partial charge in [0.2, 0.25) is 0 Å². The molecule has 0 aliphatic carbocycles. The van der Waals surface area contributed by atoms with Gasteiger partial charge in [0.05, 0.1) is 6.10 Å². The zero-order valence-electron chi connectivity index (χ0n) is 9.86. The number of hydrogen-bond acceptors (Lipinski definition) is 2. The minimum absolute atomic E-state index is 0.230. The molecule has 0 saturated carbocycles. The number of ether oxygens (including phenoxy) is 1. The topological polar surface area (TPSA) is 35.2 Å². The van der Waals surface area contributed by atoms with Crippen LogP contribution in [0.2, 0.25) is 0 Å². The Morgan fingerprint density at radius 3 is 2.60 bits per heavy atom. The van der Waals surface area contributed by atoms with Gasteiger partial charge in [-0.3, -0.25) is 0 Å². The summed E-state index contributed by atoms with van der Waals surface area (Å²) in [6.07, 6.45) is 2.27. The molecule has 1 aromatic rings. The van der Waals surface area contributed by atoms with Crippen molar-refractivity contribution in [2.75, 3.05) is 0 Å². The highest BCUT2D eigenvalue weighted by molar-refractivity contribution is 5.28. The van der Waals surface area contributed by atoms with Crippen molar-refractivity contribution >= 4 is 0 Å². The molecule has 2 N–H and O–H groups in total. The van der Waals surface area contributed by atoms with Crippen LogP contribution < -0.4 is 10.5 Å². The molecule has 0 fully saturated rings. The van der Waals surface area contributed by atoms with Crippen molar-refractivity contribution in [1.82, 2.24) is 0 Å². The Morgan fingerprint density at radius 2 is 2.00 bits per heavy atom. The van der Waals surface area contributed by atoms with E-state index in [0.29, 0.717) is 0 Å². The van der Waals surface area contributed by atoms with Crippen LogP contribution in [0.15, 0.2) is 24.3 Å². The van der Waals surface area contributed by atoms with Crippen molar-refractivity contribution < 1.29 is 4.74 Å². The van der Waals surface area contributed by atoms with Gasteiger partial charge in [-0.15, -0.1) is 0 Å². The lowest BCUT2D eigenvalue weighted by Gasteiger charge is -2.11. The molecule has 0 heterocycles. The normalized spacial score (nSPS) is 12.9. The lowest BCUT2D eigenvalue weighted by Crippen LogP contribution is -2.15. The minimum Gasteiger partial charge on any atom is -0.491 e. The van der Waals surface area contributed by atoms with Gasteiger partial charge in [0.1, 0.15) is 5.75 Å².